The third-order valence-electron chi connectivity index (χ3n) is 3.81. The number of carbonyl (C=O) groups excluding carboxylic acids is 2. The number of hydrogen-bond acceptors (Lipinski definition) is 6. The Morgan fingerprint density at radius 1 is 1.17 bits per heavy atom. The number of rotatable bonds is 5. The van der Waals surface area contributed by atoms with Crippen LogP contribution in [0.25, 0.3) is 9.40 Å². The number of carboxylic acid groups (broad SMARTS) is 1. The minimum Gasteiger partial charge on any atom is -0.480 e. The van der Waals surface area contributed by atoms with E-state index < -0.39 is 5.97 Å². The smallest absolute Gasteiger partial charge is 0.322 e. The molecule has 3 rings (SSSR count). The Morgan fingerprint density at radius 3 is 2.58 bits per heavy atom. The van der Waals surface area contributed by atoms with Gasteiger partial charge in [0, 0.05) is 35.6 Å². The SMILES string of the molecule is O=C(O)CNC(=O)CN1CCN(C(=O)c2cc3sccc3s2)CC1. The van der Waals surface area contributed by atoms with Crippen LogP contribution in [0, 0.1) is 0 Å². The number of amides is 2. The van der Waals surface area contributed by atoms with Crippen molar-refractivity contribution in [2.75, 3.05) is 39.3 Å². The van der Waals surface area contributed by atoms with Gasteiger partial charge in [0.25, 0.3) is 5.91 Å². The topological polar surface area (TPSA) is 89.9 Å². The Hall–Kier alpha value is -1.97. The predicted molar refractivity (Wildman–Crippen MR) is 92.7 cm³/mol. The zero-order chi connectivity index (χ0) is 17.1. The van der Waals surface area contributed by atoms with Gasteiger partial charge < -0.3 is 15.3 Å². The highest BCUT2D eigenvalue weighted by molar-refractivity contribution is 7.27. The molecule has 128 valence electrons. The number of fused-ring (bicyclic) bond motifs is 1. The third-order valence-corrected chi connectivity index (χ3v) is 5.90. The van der Waals surface area contributed by atoms with E-state index in [9.17, 15) is 14.4 Å². The highest BCUT2D eigenvalue weighted by Gasteiger charge is 2.24. The molecule has 0 spiro atoms. The predicted octanol–water partition coefficient (Wildman–Crippen LogP) is 0.921. The molecule has 24 heavy (non-hydrogen) atoms. The first-order valence-corrected chi connectivity index (χ1v) is 9.19. The number of nitrogens with one attached hydrogen (secondary N) is 1. The normalized spacial score (nSPS) is 15.6. The molecular formula is C15H17N3O4S2. The first-order chi connectivity index (χ1) is 11.5. The number of hydrogen-bond donors (Lipinski definition) is 2. The number of thiophene rings is 2. The molecule has 0 aliphatic carbocycles. The molecule has 1 fully saturated rings. The van der Waals surface area contributed by atoms with Gasteiger partial charge in [-0.25, -0.2) is 0 Å². The third kappa shape index (κ3) is 3.92. The van der Waals surface area contributed by atoms with E-state index in [1.54, 1.807) is 16.2 Å². The summed E-state index contributed by atoms with van der Waals surface area (Å²) in [6.45, 7) is 2.13. The molecule has 3 heterocycles. The lowest BCUT2D eigenvalue weighted by Gasteiger charge is -2.34. The summed E-state index contributed by atoms with van der Waals surface area (Å²) >= 11 is 3.14. The second-order valence-corrected chi connectivity index (χ2v) is 7.53. The van der Waals surface area contributed by atoms with E-state index in [1.165, 1.54) is 11.3 Å². The molecule has 1 aliphatic rings. The zero-order valence-corrected chi connectivity index (χ0v) is 14.5. The molecule has 1 aliphatic heterocycles. The van der Waals surface area contributed by atoms with Gasteiger partial charge >= 0.3 is 5.97 Å². The number of piperazine rings is 1. The molecule has 0 aromatic carbocycles. The molecule has 0 radical (unpaired) electrons. The number of carboxylic acids is 1. The van der Waals surface area contributed by atoms with E-state index >= 15 is 0 Å². The Balaban J connectivity index is 1.49. The molecular weight excluding hydrogens is 350 g/mol. The second-order valence-electron chi connectivity index (χ2n) is 5.50. The van der Waals surface area contributed by atoms with Crippen LogP contribution >= 0.6 is 22.7 Å². The van der Waals surface area contributed by atoms with Crippen LogP contribution < -0.4 is 5.32 Å². The van der Waals surface area contributed by atoms with Crippen LogP contribution in [0.15, 0.2) is 17.5 Å². The van der Waals surface area contributed by atoms with E-state index in [4.69, 9.17) is 5.11 Å². The van der Waals surface area contributed by atoms with Gasteiger partial charge in [-0.1, -0.05) is 0 Å². The molecule has 2 aromatic rings. The number of nitrogens with zero attached hydrogens (tertiary/aromatic N) is 2. The van der Waals surface area contributed by atoms with E-state index in [0.717, 1.165) is 14.3 Å². The van der Waals surface area contributed by atoms with Crippen LogP contribution in [-0.2, 0) is 9.59 Å². The molecule has 0 unspecified atom stereocenters. The fraction of sp³-hybridized carbons (Fsp3) is 0.400. The standard InChI is InChI=1S/C15H17N3O4S2/c19-13(16-8-14(20)21)9-17-2-4-18(5-3-17)15(22)12-7-11-10(24-12)1-6-23-11/h1,6-7H,2-5,8-9H2,(H,16,19)(H,20,21). The maximum atomic E-state index is 12.6. The Bertz CT molecular complexity index is 733. The van der Waals surface area contributed by atoms with Crippen LogP contribution in [0.4, 0.5) is 0 Å². The molecule has 0 atom stereocenters. The minimum absolute atomic E-state index is 0.0402. The first-order valence-electron chi connectivity index (χ1n) is 7.50. The lowest BCUT2D eigenvalue weighted by atomic mass is 10.3. The van der Waals surface area contributed by atoms with Gasteiger partial charge in [0.15, 0.2) is 0 Å². The maximum absolute atomic E-state index is 12.6. The molecule has 7 nitrogen and oxygen atoms in total. The average Bonchev–Trinajstić information content (AvgIpc) is 3.14. The van der Waals surface area contributed by atoms with Crippen LogP contribution in [0.3, 0.4) is 0 Å². The summed E-state index contributed by atoms with van der Waals surface area (Å²) in [6, 6.07) is 3.97. The van der Waals surface area contributed by atoms with Crippen molar-refractivity contribution in [3.05, 3.63) is 22.4 Å². The van der Waals surface area contributed by atoms with Crippen LogP contribution in [-0.4, -0.2) is 72.0 Å². The molecule has 2 aromatic heterocycles. The molecule has 0 saturated carbocycles. The van der Waals surface area contributed by atoms with Gasteiger partial charge in [0.05, 0.1) is 11.4 Å². The fourth-order valence-electron chi connectivity index (χ4n) is 2.57. The largest absolute Gasteiger partial charge is 0.480 e. The summed E-state index contributed by atoms with van der Waals surface area (Å²) in [5, 5.41) is 12.9. The Morgan fingerprint density at radius 2 is 1.92 bits per heavy atom. The maximum Gasteiger partial charge on any atom is 0.322 e. The molecule has 1 saturated heterocycles. The average molecular weight is 367 g/mol. The van der Waals surface area contributed by atoms with E-state index in [2.05, 4.69) is 5.32 Å². The van der Waals surface area contributed by atoms with Crippen molar-refractivity contribution >= 4 is 49.9 Å². The molecule has 2 N–H and O–H groups in total. The summed E-state index contributed by atoms with van der Waals surface area (Å²) in [4.78, 5) is 39.1. The summed E-state index contributed by atoms with van der Waals surface area (Å²) in [7, 11) is 0. The zero-order valence-electron chi connectivity index (χ0n) is 12.9. The Kier molecular flexibility index (Phi) is 5.12. The number of carbonyl (C=O) groups is 3. The van der Waals surface area contributed by atoms with Gasteiger partial charge in [0.1, 0.15) is 6.54 Å². The van der Waals surface area contributed by atoms with Crippen LogP contribution in [0.1, 0.15) is 9.67 Å². The van der Waals surface area contributed by atoms with E-state index in [0.29, 0.717) is 26.2 Å². The highest BCUT2D eigenvalue weighted by Crippen LogP contribution is 2.30. The summed E-state index contributed by atoms with van der Waals surface area (Å²) in [5.74, 6) is -1.33. The van der Waals surface area contributed by atoms with Gasteiger partial charge in [-0.05, 0) is 17.5 Å². The monoisotopic (exact) mass is 367 g/mol. The van der Waals surface area contributed by atoms with Crippen molar-refractivity contribution < 1.29 is 19.5 Å². The van der Waals surface area contributed by atoms with Crippen LogP contribution in [0.5, 0.6) is 0 Å². The Labute approximate surface area is 146 Å². The van der Waals surface area contributed by atoms with Gasteiger partial charge in [-0.3, -0.25) is 19.3 Å². The van der Waals surface area contributed by atoms with Gasteiger partial charge in [-0.2, -0.15) is 0 Å². The van der Waals surface area contributed by atoms with Crippen LogP contribution in [0.2, 0.25) is 0 Å². The summed E-state index contributed by atoms with van der Waals surface area (Å²) < 4.78 is 2.27. The molecule has 9 heteroatoms. The lowest BCUT2D eigenvalue weighted by Crippen LogP contribution is -2.51. The summed E-state index contributed by atoms with van der Waals surface area (Å²) in [6.07, 6.45) is 0. The second kappa shape index (κ2) is 7.29. The summed E-state index contributed by atoms with van der Waals surface area (Å²) in [5.41, 5.74) is 0. The van der Waals surface area contributed by atoms with Crippen molar-refractivity contribution in [3.63, 3.8) is 0 Å². The minimum atomic E-state index is -1.06. The molecule has 0 bridgehead atoms. The van der Waals surface area contributed by atoms with E-state index in [1.807, 2.05) is 22.4 Å². The van der Waals surface area contributed by atoms with Gasteiger partial charge in [-0.15, -0.1) is 22.7 Å². The quantitative estimate of drug-likeness (QED) is 0.820. The van der Waals surface area contributed by atoms with Crippen molar-refractivity contribution in [1.29, 1.82) is 0 Å². The molecule has 2 amide bonds. The van der Waals surface area contributed by atoms with Crippen molar-refractivity contribution in [3.8, 4) is 0 Å². The van der Waals surface area contributed by atoms with Crippen molar-refractivity contribution in [1.82, 2.24) is 15.1 Å². The van der Waals surface area contributed by atoms with Gasteiger partial charge in [0.2, 0.25) is 5.91 Å². The first kappa shape index (κ1) is 16.9. The fourth-order valence-corrected chi connectivity index (χ4v) is 4.65. The highest BCUT2D eigenvalue weighted by atomic mass is 32.1. The lowest BCUT2D eigenvalue weighted by molar-refractivity contribution is -0.138. The van der Waals surface area contributed by atoms with Crippen molar-refractivity contribution in [2.45, 2.75) is 0 Å². The van der Waals surface area contributed by atoms with E-state index in [-0.39, 0.29) is 24.9 Å². The number of aliphatic carboxylic acids is 1. The van der Waals surface area contributed by atoms with Crippen molar-refractivity contribution in [2.24, 2.45) is 0 Å².